The molecule has 0 heterocycles. The van der Waals surface area contributed by atoms with Crippen LogP contribution in [0.3, 0.4) is 0 Å². The summed E-state index contributed by atoms with van der Waals surface area (Å²) in [5, 5.41) is 9.25. The molecule has 0 aromatic heterocycles. The van der Waals surface area contributed by atoms with Crippen molar-refractivity contribution >= 4 is 5.97 Å². The molecule has 3 heteroatoms. The van der Waals surface area contributed by atoms with Crippen molar-refractivity contribution in [2.24, 2.45) is 0 Å². The third-order valence-corrected chi connectivity index (χ3v) is 7.76. The standard InChI is InChI=1S/C33H67NO2/c1-3-5-7-9-11-13-15-16-17-18-19-20-21-23-25-27-29-31-34(32-33(35)36)30-28-26-24-22-14-12-10-8-6-4-2/h3-32H2,1-2H3,(H,35,36). The third-order valence-electron chi connectivity index (χ3n) is 7.76. The summed E-state index contributed by atoms with van der Waals surface area (Å²) >= 11 is 0. The minimum absolute atomic E-state index is 0.219. The van der Waals surface area contributed by atoms with Gasteiger partial charge in [-0.05, 0) is 25.9 Å². The molecule has 0 radical (unpaired) electrons. The smallest absolute Gasteiger partial charge is 0.317 e. The molecule has 0 aromatic rings. The molecule has 3 nitrogen and oxygen atoms in total. The number of carboxylic acids is 1. The fraction of sp³-hybridized carbons (Fsp3) is 0.970. The maximum atomic E-state index is 11.2. The van der Waals surface area contributed by atoms with Crippen molar-refractivity contribution in [2.75, 3.05) is 19.6 Å². The molecule has 0 aliphatic rings. The Bertz CT molecular complexity index is 426. The lowest BCUT2D eigenvalue weighted by atomic mass is 10.0. The van der Waals surface area contributed by atoms with Gasteiger partial charge in [0.25, 0.3) is 0 Å². The number of aliphatic carboxylic acids is 1. The Morgan fingerprint density at radius 2 is 0.639 bits per heavy atom. The van der Waals surface area contributed by atoms with Gasteiger partial charge in [0, 0.05) is 0 Å². The highest BCUT2D eigenvalue weighted by Gasteiger charge is 2.09. The minimum Gasteiger partial charge on any atom is -0.480 e. The Morgan fingerprint density at radius 3 is 0.861 bits per heavy atom. The van der Waals surface area contributed by atoms with E-state index in [2.05, 4.69) is 18.7 Å². The summed E-state index contributed by atoms with van der Waals surface area (Å²) in [5.41, 5.74) is 0. The van der Waals surface area contributed by atoms with Gasteiger partial charge in [0.15, 0.2) is 0 Å². The molecule has 0 saturated carbocycles. The van der Waals surface area contributed by atoms with Crippen LogP contribution in [0.1, 0.15) is 187 Å². The van der Waals surface area contributed by atoms with Crippen LogP contribution in [-0.4, -0.2) is 35.6 Å². The maximum Gasteiger partial charge on any atom is 0.317 e. The number of nitrogens with zero attached hydrogens (tertiary/aromatic N) is 1. The van der Waals surface area contributed by atoms with Crippen LogP contribution in [0.25, 0.3) is 0 Å². The Hall–Kier alpha value is -0.570. The molecule has 0 fully saturated rings. The fourth-order valence-electron chi connectivity index (χ4n) is 5.34. The highest BCUT2D eigenvalue weighted by atomic mass is 16.4. The summed E-state index contributed by atoms with van der Waals surface area (Å²) < 4.78 is 0. The van der Waals surface area contributed by atoms with Crippen molar-refractivity contribution in [3.05, 3.63) is 0 Å². The normalized spacial score (nSPS) is 11.5. The van der Waals surface area contributed by atoms with E-state index in [-0.39, 0.29) is 6.54 Å². The monoisotopic (exact) mass is 510 g/mol. The van der Waals surface area contributed by atoms with E-state index in [1.165, 1.54) is 161 Å². The summed E-state index contributed by atoms with van der Waals surface area (Å²) in [7, 11) is 0. The van der Waals surface area contributed by atoms with Gasteiger partial charge < -0.3 is 5.11 Å². The lowest BCUT2D eigenvalue weighted by Crippen LogP contribution is -2.31. The molecule has 0 atom stereocenters. The summed E-state index contributed by atoms with van der Waals surface area (Å²) in [6.45, 7) is 6.70. The SMILES string of the molecule is CCCCCCCCCCCCCCCCCCCN(CCCCCCCCCCCC)CC(=O)O. The third kappa shape index (κ3) is 29.7. The van der Waals surface area contributed by atoms with Crippen LogP contribution >= 0.6 is 0 Å². The van der Waals surface area contributed by atoms with Crippen molar-refractivity contribution < 1.29 is 9.90 Å². The van der Waals surface area contributed by atoms with E-state index >= 15 is 0 Å². The van der Waals surface area contributed by atoms with E-state index in [4.69, 9.17) is 0 Å². The molecule has 0 aliphatic heterocycles. The number of hydrogen-bond acceptors (Lipinski definition) is 2. The molecule has 1 N–H and O–H groups in total. The molecule has 0 aliphatic carbocycles. The summed E-state index contributed by atoms with van der Waals surface area (Å²) in [4.78, 5) is 13.4. The predicted octanol–water partition coefficient (Wildman–Crippen LogP) is 10.9. The van der Waals surface area contributed by atoms with Crippen molar-refractivity contribution in [2.45, 2.75) is 187 Å². The second kappa shape index (κ2) is 30.7. The van der Waals surface area contributed by atoms with E-state index in [0.717, 1.165) is 25.9 Å². The summed E-state index contributed by atoms with van der Waals surface area (Å²) in [6, 6.07) is 0. The van der Waals surface area contributed by atoms with Gasteiger partial charge in [0.05, 0.1) is 6.54 Å². The van der Waals surface area contributed by atoms with Crippen molar-refractivity contribution in [1.82, 2.24) is 4.90 Å². The zero-order valence-electron chi connectivity index (χ0n) is 25.0. The van der Waals surface area contributed by atoms with Gasteiger partial charge in [-0.25, -0.2) is 0 Å². The molecule has 36 heavy (non-hydrogen) atoms. The Labute approximate surface area is 227 Å². The molecule has 0 aromatic carbocycles. The molecular formula is C33H67NO2. The molecule has 0 amide bonds. The number of carboxylic acid groups (broad SMARTS) is 1. The molecule has 0 unspecified atom stereocenters. The number of carbonyl (C=O) groups is 1. The average Bonchev–Trinajstić information content (AvgIpc) is 2.86. The van der Waals surface area contributed by atoms with Crippen molar-refractivity contribution in [3.63, 3.8) is 0 Å². The topological polar surface area (TPSA) is 40.5 Å². The summed E-state index contributed by atoms with van der Waals surface area (Å²) in [5.74, 6) is -0.672. The average molecular weight is 510 g/mol. The Balaban J connectivity index is 3.46. The second-order valence-electron chi connectivity index (χ2n) is 11.5. The van der Waals surface area contributed by atoms with E-state index in [1.807, 2.05) is 0 Å². The first-order chi connectivity index (χ1) is 17.7. The van der Waals surface area contributed by atoms with Crippen LogP contribution in [0.4, 0.5) is 0 Å². The second-order valence-corrected chi connectivity index (χ2v) is 11.5. The molecule has 0 saturated heterocycles. The highest BCUT2D eigenvalue weighted by molar-refractivity contribution is 5.69. The van der Waals surface area contributed by atoms with E-state index in [9.17, 15) is 9.90 Å². The quantitative estimate of drug-likeness (QED) is 0.0944. The fourth-order valence-corrected chi connectivity index (χ4v) is 5.34. The van der Waals surface area contributed by atoms with Crippen LogP contribution < -0.4 is 0 Å². The highest BCUT2D eigenvalue weighted by Crippen LogP contribution is 2.15. The van der Waals surface area contributed by atoms with Gasteiger partial charge in [-0.15, -0.1) is 0 Å². The van der Waals surface area contributed by atoms with E-state index in [1.54, 1.807) is 0 Å². The van der Waals surface area contributed by atoms with Gasteiger partial charge in [0.2, 0.25) is 0 Å². The molecule has 0 rings (SSSR count). The lowest BCUT2D eigenvalue weighted by Gasteiger charge is -2.20. The van der Waals surface area contributed by atoms with Gasteiger partial charge in [0.1, 0.15) is 0 Å². The van der Waals surface area contributed by atoms with Gasteiger partial charge in [-0.2, -0.15) is 0 Å². The molecule has 216 valence electrons. The Morgan fingerprint density at radius 1 is 0.417 bits per heavy atom. The largest absolute Gasteiger partial charge is 0.480 e. The first-order valence-corrected chi connectivity index (χ1v) is 16.6. The molecular weight excluding hydrogens is 442 g/mol. The van der Waals surface area contributed by atoms with Crippen LogP contribution in [0.2, 0.25) is 0 Å². The molecule has 0 spiro atoms. The lowest BCUT2D eigenvalue weighted by molar-refractivity contribution is -0.138. The van der Waals surface area contributed by atoms with Crippen molar-refractivity contribution in [1.29, 1.82) is 0 Å². The van der Waals surface area contributed by atoms with Gasteiger partial charge in [-0.3, -0.25) is 9.69 Å². The number of unbranched alkanes of at least 4 members (excludes halogenated alkanes) is 25. The van der Waals surface area contributed by atoms with Gasteiger partial charge in [-0.1, -0.05) is 174 Å². The van der Waals surface area contributed by atoms with Crippen LogP contribution in [0.5, 0.6) is 0 Å². The molecule has 0 bridgehead atoms. The minimum atomic E-state index is -0.672. The van der Waals surface area contributed by atoms with Crippen LogP contribution in [0, 0.1) is 0 Å². The first-order valence-electron chi connectivity index (χ1n) is 16.6. The van der Waals surface area contributed by atoms with Crippen LogP contribution in [0.15, 0.2) is 0 Å². The first kappa shape index (κ1) is 35.4. The van der Waals surface area contributed by atoms with Gasteiger partial charge >= 0.3 is 5.97 Å². The summed E-state index contributed by atoms with van der Waals surface area (Å²) in [6.07, 6.45) is 37.0. The van der Waals surface area contributed by atoms with Crippen LogP contribution in [-0.2, 0) is 4.79 Å². The van der Waals surface area contributed by atoms with Crippen molar-refractivity contribution in [3.8, 4) is 0 Å². The zero-order valence-corrected chi connectivity index (χ0v) is 25.0. The predicted molar refractivity (Wildman–Crippen MR) is 160 cm³/mol. The van der Waals surface area contributed by atoms with E-state index in [0.29, 0.717) is 0 Å². The Kier molecular flexibility index (Phi) is 30.2. The maximum absolute atomic E-state index is 11.2. The number of rotatable bonds is 31. The zero-order chi connectivity index (χ0) is 26.4. The van der Waals surface area contributed by atoms with E-state index < -0.39 is 5.97 Å². The number of hydrogen-bond donors (Lipinski definition) is 1.